The fraction of sp³-hybridized carbons (Fsp3) is 0. The summed E-state index contributed by atoms with van der Waals surface area (Å²) in [5, 5.41) is 9.28. The molecule has 0 aliphatic rings. The molecule has 22 heavy (non-hydrogen) atoms. The van der Waals surface area contributed by atoms with E-state index in [1.54, 1.807) is 18.3 Å². The lowest BCUT2D eigenvalue weighted by atomic mass is 10.2. The number of carbonyl (C=O) groups is 1. The SMILES string of the molecule is O=C(/C=C/c1ccccc1)Nc1n[nH]c(-c2ccccn2)n1. The highest BCUT2D eigenvalue weighted by Crippen LogP contribution is 2.12. The summed E-state index contributed by atoms with van der Waals surface area (Å²) in [5.74, 6) is 0.418. The molecule has 3 aromatic rings. The summed E-state index contributed by atoms with van der Waals surface area (Å²) in [6.45, 7) is 0. The van der Waals surface area contributed by atoms with Crippen LogP contribution in [-0.4, -0.2) is 26.1 Å². The molecule has 0 bridgehead atoms. The van der Waals surface area contributed by atoms with E-state index in [4.69, 9.17) is 0 Å². The molecule has 0 spiro atoms. The van der Waals surface area contributed by atoms with Gasteiger partial charge in [-0.05, 0) is 23.8 Å². The van der Waals surface area contributed by atoms with Gasteiger partial charge in [-0.2, -0.15) is 4.98 Å². The third-order valence-electron chi connectivity index (χ3n) is 2.85. The van der Waals surface area contributed by atoms with Gasteiger partial charge in [0, 0.05) is 12.3 Å². The Labute approximate surface area is 126 Å². The molecule has 6 heteroatoms. The zero-order valence-corrected chi connectivity index (χ0v) is 11.6. The van der Waals surface area contributed by atoms with E-state index in [-0.39, 0.29) is 11.9 Å². The Balaban J connectivity index is 1.65. The second-order valence-corrected chi connectivity index (χ2v) is 4.46. The molecular formula is C16H13N5O. The van der Waals surface area contributed by atoms with Crippen molar-refractivity contribution in [3.63, 3.8) is 0 Å². The van der Waals surface area contributed by atoms with Gasteiger partial charge >= 0.3 is 0 Å². The van der Waals surface area contributed by atoms with E-state index in [0.29, 0.717) is 11.5 Å². The highest BCUT2D eigenvalue weighted by molar-refractivity contribution is 6.00. The molecule has 0 saturated heterocycles. The maximum absolute atomic E-state index is 11.8. The zero-order valence-electron chi connectivity index (χ0n) is 11.6. The summed E-state index contributed by atoms with van der Waals surface area (Å²) in [6.07, 6.45) is 4.83. The van der Waals surface area contributed by atoms with Gasteiger partial charge in [0.2, 0.25) is 5.95 Å². The third kappa shape index (κ3) is 3.43. The van der Waals surface area contributed by atoms with E-state index in [1.165, 1.54) is 6.08 Å². The molecule has 1 amide bonds. The number of rotatable bonds is 4. The predicted octanol–water partition coefficient (Wildman–Crippen LogP) is 2.52. The first kappa shape index (κ1) is 13.7. The number of H-pyrrole nitrogens is 1. The molecule has 2 N–H and O–H groups in total. The van der Waals surface area contributed by atoms with Crippen LogP contribution >= 0.6 is 0 Å². The van der Waals surface area contributed by atoms with Crippen molar-refractivity contribution in [2.24, 2.45) is 0 Å². The Kier molecular flexibility index (Phi) is 4.01. The molecule has 108 valence electrons. The number of hydrogen-bond acceptors (Lipinski definition) is 4. The number of carbonyl (C=O) groups excluding carboxylic acids is 1. The fourth-order valence-corrected chi connectivity index (χ4v) is 1.82. The van der Waals surface area contributed by atoms with E-state index in [9.17, 15) is 4.79 Å². The van der Waals surface area contributed by atoms with Crippen LogP contribution in [-0.2, 0) is 4.79 Å². The van der Waals surface area contributed by atoms with E-state index < -0.39 is 0 Å². The Morgan fingerprint density at radius 1 is 1.09 bits per heavy atom. The van der Waals surface area contributed by atoms with Crippen LogP contribution in [0.15, 0.2) is 60.8 Å². The molecule has 0 aliphatic carbocycles. The number of pyridine rings is 1. The van der Waals surface area contributed by atoms with Gasteiger partial charge in [-0.25, -0.2) is 0 Å². The van der Waals surface area contributed by atoms with Crippen molar-refractivity contribution in [2.75, 3.05) is 5.32 Å². The first-order valence-electron chi connectivity index (χ1n) is 6.69. The molecular weight excluding hydrogens is 278 g/mol. The zero-order chi connectivity index (χ0) is 15.2. The molecule has 6 nitrogen and oxygen atoms in total. The van der Waals surface area contributed by atoms with Gasteiger partial charge in [-0.3, -0.25) is 20.2 Å². The number of nitrogens with one attached hydrogen (secondary N) is 2. The average molecular weight is 291 g/mol. The lowest BCUT2D eigenvalue weighted by molar-refractivity contribution is -0.111. The lowest BCUT2D eigenvalue weighted by Gasteiger charge is -1.95. The number of benzene rings is 1. The van der Waals surface area contributed by atoms with E-state index in [1.807, 2.05) is 42.5 Å². The molecule has 2 aromatic heterocycles. The van der Waals surface area contributed by atoms with Crippen molar-refractivity contribution in [1.82, 2.24) is 20.2 Å². The molecule has 0 saturated carbocycles. The molecule has 0 atom stereocenters. The van der Waals surface area contributed by atoms with Crippen molar-refractivity contribution in [3.8, 4) is 11.5 Å². The van der Waals surface area contributed by atoms with E-state index in [2.05, 4.69) is 25.5 Å². The molecule has 1 aromatic carbocycles. The minimum atomic E-state index is -0.296. The molecule has 0 aliphatic heterocycles. The third-order valence-corrected chi connectivity index (χ3v) is 2.85. The van der Waals surface area contributed by atoms with Crippen molar-refractivity contribution in [2.45, 2.75) is 0 Å². The number of amides is 1. The van der Waals surface area contributed by atoms with E-state index in [0.717, 1.165) is 5.56 Å². The van der Waals surface area contributed by atoms with Gasteiger partial charge in [0.25, 0.3) is 5.91 Å². The van der Waals surface area contributed by atoms with Crippen molar-refractivity contribution < 1.29 is 4.79 Å². The van der Waals surface area contributed by atoms with Crippen LogP contribution in [0.1, 0.15) is 5.56 Å². The molecule has 0 unspecified atom stereocenters. The highest BCUT2D eigenvalue weighted by Gasteiger charge is 2.07. The maximum Gasteiger partial charge on any atom is 0.250 e. The van der Waals surface area contributed by atoms with Crippen LogP contribution in [0.5, 0.6) is 0 Å². The summed E-state index contributed by atoms with van der Waals surface area (Å²) in [7, 11) is 0. The number of hydrogen-bond donors (Lipinski definition) is 2. The largest absolute Gasteiger partial charge is 0.290 e. The van der Waals surface area contributed by atoms with Crippen LogP contribution in [0.2, 0.25) is 0 Å². The van der Waals surface area contributed by atoms with Crippen molar-refractivity contribution >= 4 is 17.9 Å². The Morgan fingerprint density at radius 3 is 2.68 bits per heavy atom. The highest BCUT2D eigenvalue weighted by atomic mass is 16.1. The predicted molar refractivity (Wildman–Crippen MR) is 83.7 cm³/mol. The van der Waals surface area contributed by atoms with Gasteiger partial charge < -0.3 is 0 Å². The first-order chi connectivity index (χ1) is 10.8. The minimum Gasteiger partial charge on any atom is -0.290 e. The van der Waals surface area contributed by atoms with Crippen molar-refractivity contribution in [1.29, 1.82) is 0 Å². The van der Waals surface area contributed by atoms with Gasteiger partial charge in [-0.1, -0.05) is 36.4 Å². The summed E-state index contributed by atoms with van der Waals surface area (Å²) < 4.78 is 0. The van der Waals surface area contributed by atoms with Crippen LogP contribution in [0.3, 0.4) is 0 Å². The quantitative estimate of drug-likeness (QED) is 0.723. The fourth-order valence-electron chi connectivity index (χ4n) is 1.82. The molecule has 0 fully saturated rings. The number of nitrogens with zero attached hydrogens (tertiary/aromatic N) is 3. The summed E-state index contributed by atoms with van der Waals surface area (Å²) in [6, 6.07) is 15.0. The number of anilines is 1. The molecule has 0 radical (unpaired) electrons. The monoisotopic (exact) mass is 291 g/mol. The Bertz CT molecular complexity index is 781. The topological polar surface area (TPSA) is 83.6 Å². The van der Waals surface area contributed by atoms with Crippen LogP contribution in [0.4, 0.5) is 5.95 Å². The summed E-state index contributed by atoms with van der Waals surface area (Å²) in [5.41, 5.74) is 1.61. The van der Waals surface area contributed by atoms with Crippen molar-refractivity contribution in [3.05, 3.63) is 66.4 Å². The normalized spacial score (nSPS) is 10.7. The second-order valence-electron chi connectivity index (χ2n) is 4.46. The maximum atomic E-state index is 11.8. The van der Waals surface area contributed by atoms with Gasteiger partial charge in [0.1, 0.15) is 5.69 Å². The van der Waals surface area contributed by atoms with Crippen LogP contribution in [0.25, 0.3) is 17.6 Å². The van der Waals surface area contributed by atoms with Crippen LogP contribution < -0.4 is 5.32 Å². The first-order valence-corrected chi connectivity index (χ1v) is 6.69. The molecule has 2 heterocycles. The summed E-state index contributed by atoms with van der Waals surface area (Å²) >= 11 is 0. The number of aromatic nitrogens is 4. The molecule has 3 rings (SSSR count). The Hall–Kier alpha value is -3.28. The smallest absolute Gasteiger partial charge is 0.250 e. The van der Waals surface area contributed by atoms with Gasteiger partial charge in [0.05, 0.1) is 0 Å². The Morgan fingerprint density at radius 2 is 1.91 bits per heavy atom. The van der Waals surface area contributed by atoms with Gasteiger partial charge in [-0.15, -0.1) is 5.10 Å². The van der Waals surface area contributed by atoms with Gasteiger partial charge in [0.15, 0.2) is 5.82 Å². The minimum absolute atomic E-state index is 0.211. The summed E-state index contributed by atoms with van der Waals surface area (Å²) in [4.78, 5) is 20.2. The second kappa shape index (κ2) is 6.45. The number of aromatic amines is 1. The lowest BCUT2D eigenvalue weighted by Crippen LogP contribution is -2.09. The standard InChI is InChI=1S/C16H13N5O/c22-14(10-9-12-6-2-1-3-7-12)18-16-19-15(20-21-16)13-8-4-5-11-17-13/h1-11H,(H2,18,19,20,21,22)/b10-9+. The average Bonchev–Trinajstić information content (AvgIpc) is 3.03. The van der Waals surface area contributed by atoms with Crippen LogP contribution in [0, 0.1) is 0 Å². The van der Waals surface area contributed by atoms with E-state index >= 15 is 0 Å².